The smallest absolute Gasteiger partial charge is 0.329 e. The highest BCUT2D eigenvalue weighted by molar-refractivity contribution is 6.01. The zero-order valence-corrected chi connectivity index (χ0v) is 11.3. The van der Waals surface area contributed by atoms with E-state index in [0.717, 1.165) is 18.9 Å². The van der Waals surface area contributed by atoms with Gasteiger partial charge in [-0.1, -0.05) is 12.1 Å². The normalized spacial score (nSPS) is 28.5. The highest BCUT2D eigenvalue weighted by Gasteiger charge is 2.51. The summed E-state index contributed by atoms with van der Waals surface area (Å²) in [6.07, 6.45) is -2.31. The van der Waals surface area contributed by atoms with Gasteiger partial charge in [0.1, 0.15) is 0 Å². The molecule has 1 N–H and O–H groups in total. The summed E-state index contributed by atoms with van der Waals surface area (Å²) < 4.78 is 39.5. The standard InChI is InChI=1S/C15H15F3N2O/c16-15(17,18)10-3-1-2-9-11(10)14(21)20-7-6-19-12(13(9)20)8-4-5-8/h1-3,8,12-13,19H,4-7H2. The number of rotatable bonds is 1. The van der Waals surface area contributed by atoms with Crippen molar-refractivity contribution in [3.63, 3.8) is 0 Å². The first-order chi connectivity index (χ1) is 9.98. The van der Waals surface area contributed by atoms with Gasteiger partial charge >= 0.3 is 6.18 Å². The van der Waals surface area contributed by atoms with E-state index in [-0.39, 0.29) is 17.6 Å². The fourth-order valence-corrected chi connectivity index (χ4v) is 3.70. The predicted molar refractivity (Wildman–Crippen MR) is 69.7 cm³/mol. The topological polar surface area (TPSA) is 32.3 Å². The molecule has 1 aromatic carbocycles. The lowest BCUT2D eigenvalue weighted by atomic mass is 9.92. The Kier molecular flexibility index (Phi) is 2.64. The van der Waals surface area contributed by atoms with E-state index in [2.05, 4.69) is 5.32 Å². The number of nitrogens with zero attached hydrogens (tertiary/aromatic N) is 1. The Balaban J connectivity index is 1.85. The maximum absolute atomic E-state index is 13.2. The van der Waals surface area contributed by atoms with E-state index in [1.165, 1.54) is 6.07 Å². The van der Waals surface area contributed by atoms with Gasteiger partial charge in [0.25, 0.3) is 5.91 Å². The Labute approximate surface area is 120 Å². The molecule has 2 unspecified atom stereocenters. The monoisotopic (exact) mass is 296 g/mol. The molecule has 2 fully saturated rings. The van der Waals surface area contributed by atoms with Gasteiger partial charge in [-0.25, -0.2) is 0 Å². The van der Waals surface area contributed by atoms with Crippen LogP contribution in [0.15, 0.2) is 18.2 Å². The first-order valence-corrected chi connectivity index (χ1v) is 7.23. The molecule has 1 amide bonds. The maximum Gasteiger partial charge on any atom is 0.417 e. The van der Waals surface area contributed by atoms with E-state index in [1.54, 1.807) is 11.0 Å². The van der Waals surface area contributed by atoms with Crippen LogP contribution in [0.1, 0.15) is 40.4 Å². The number of hydrogen-bond acceptors (Lipinski definition) is 2. The van der Waals surface area contributed by atoms with Crippen molar-refractivity contribution in [2.45, 2.75) is 31.1 Å². The molecule has 2 aliphatic heterocycles. The molecule has 21 heavy (non-hydrogen) atoms. The van der Waals surface area contributed by atoms with Crippen LogP contribution in [0.4, 0.5) is 13.2 Å². The number of fused-ring (bicyclic) bond motifs is 3. The molecule has 0 aromatic heterocycles. The van der Waals surface area contributed by atoms with Crippen LogP contribution in [0, 0.1) is 5.92 Å². The van der Waals surface area contributed by atoms with E-state index in [1.807, 2.05) is 0 Å². The molecule has 0 spiro atoms. The van der Waals surface area contributed by atoms with Crippen molar-refractivity contribution in [3.8, 4) is 0 Å². The lowest BCUT2D eigenvalue weighted by Crippen LogP contribution is -2.52. The lowest BCUT2D eigenvalue weighted by molar-refractivity contribution is -0.137. The van der Waals surface area contributed by atoms with Gasteiger partial charge in [-0.05, 0) is 30.4 Å². The van der Waals surface area contributed by atoms with E-state index in [9.17, 15) is 18.0 Å². The molecular formula is C15H15F3N2O. The second-order valence-corrected chi connectivity index (χ2v) is 6.03. The summed E-state index contributed by atoms with van der Waals surface area (Å²) in [5.41, 5.74) is -0.391. The van der Waals surface area contributed by atoms with E-state index >= 15 is 0 Å². The number of carbonyl (C=O) groups excluding carboxylic acids is 1. The summed E-state index contributed by atoms with van der Waals surface area (Å²) in [6.45, 7) is 1.12. The number of halogens is 3. The molecule has 3 aliphatic rings. The molecule has 1 aliphatic carbocycles. The van der Waals surface area contributed by atoms with Crippen LogP contribution in [0.25, 0.3) is 0 Å². The molecule has 0 radical (unpaired) electrons. The van der Waals surface area contributed by atoms with Gasteiger partial charge in [0.05, 0.1) is 17.2 Å². The van der Waals surface area contributed by atoms with Crippen molar-refractivity contribution < 1.29 is 18.0 Å². The highest BCUT2D eigenvalue weighted by atomic mass is 19.4. The fourth-order valence-electron chi connectivity index (χ4n) is 3.70. The summed E-state index contributed by atoms with van der Waals surface area (Å²) >= 11 is 0. The van der Waals surface area contributed by atoms with Gasteiger partial charge in [-0.3, -0.25) is 4.79 Å². The number of nitrogens with one attached hydrogen (secondary N) is 1. The summed E-state index contributed by atoms with van der Waals surface area (Å²) in [4.78, 5) is 14.1. The Hall–Kier alpha value is -1.56. The molecule has 4 rings (SSSR count). The first kappa shape index (κ1) is 13.1. The molecule has 2 heterocycles. The number of benzene rings is 1. The van der Waals surface area contributed by atoms with Crippen molar-refractivity contribution in [2.75, 3.05) is 13.1 Å². The number of piperazine rings is 1. The van der Waals surface area contributed by atoms with Gasteiger partial charge in [-0.15, -0.1) is 0 Å². The number of alkyl halides is 3. The summed E-state index contributed by atoms with van der Waals surface area (Å²) in [6, 6.07) is 3.95. The third-order valence-corrected chi connectivity index (χ3v) is 4.73. The maximum atomic E-state index is 13.2. The molecule has 3 nitrogen and oxygen atoms in total. The van der Waals surface area contributed by atoms with Crippen molar-refractivity contribution in [1.29, 1.82) is 0 Å². The fraction of sp³-hybridized carbons (Fsp3) is 0.533. The minimum Gasteiger partial charge on any atom is -0.329 e. The Morgan fingerprint density at radius 3 is 2.67 bits per heavy atom. The number of amides is 1. The second kappa shape index (κ2) is 4.22. The average Bonchev–Trinajstić information content (AvgIpc) is 3.24. The van der Waals surface area contributed by atoms with Crippen molar-refractivity contribution in [2.24, 2.45) is 5.92 Å². The zero-order chi connectivity index (χ0) is 14.8. The van der Waals surface area contributed by atoms with Crippen LogP contribution in [0.5, 0.6) is 0 Å². The second-order valence-electron chi connectivity index (χ2n) is 6.03. The van der Waals surface area contributed by atoms with Gasteiger partial charge in [-0.2, -0.15) is 13.2 Å². The highest BCUT2D eigenvalue weighted by Crippen LogP contribution is 2.48. The summed E-state index contributed by atoms with van der Waals surface area (Å²) in [5.74, 6) is 0.0150. The van der Waals surface area contributed by atoms with Crippen molar-refractivity contribution in [3.05, 3.63) is 34.9 Å². The average molecular weight is 296 g/mol. The van der Waals surface area contributed by atoms with Crippen LogP contribution in [-0.2, 0) is 6.18 Å². The van der Waals surface area contributed by atoms with Gasteiger partial charge in [0.2, 0.25) is 0 Å². The van der Waals surface area contributed by atoms with Crippen LogP contribution >= 0.6 is 0 Å². The molecular weight excluding hydrogens is 281 g/mol. The van der Waals surface area contributed by atoms with Crippen LogP contribution in [0.2, 0.25) is 0 Å². The third kappa shape index (κ3) is 1.88. The van der Waals surface area contributed by atoms with E-state index < -0.39 is 17.6 Å². The number of carbonyl (C=O) groups is 1. The molecule has 6 heteroatoms. The summed E-state index contributed by atoms with van der Waals surface area (Å²) in [5, 5.41) is 3.40. The van der Waals surface area contributed by atoms with Crippen molar-refractivity contribution in [1.82, 2.24) is 10.2 Å². The van der Waals surface area contributed by atoms with Gasteiger partial charge < -0.3 is 10.2 Å². The summed E-state index contributed by atoms with van der Waals surface area (Å²) in [7, 11) is 0. The molecule has 112 valence electrons. The molecule has 1 aromatic rings. The van der Waals surface area contributed by atoms with E-state index in [0.29, 0.717) is 24.6 Å². The molecule has 1 saturated carbocycles. The van der Waals surface area contributed by atoms with Crippen LogP contribution in [0.3, 0.4) is 0 Å². The Bertz CT molecular complexity index is 609. The predicted octanol–water partition coefficient (Wildman–Crippen LogP) is 2.58. The molecule has 1 saturated heterocycles. The number of hydrogen-bond donors (Lipinski definition) is 1. The Morgan fingerprint density at radius 1 is 1.24 bits per heavy atom. The van der Waals surface area contributed by atoms with Crippen LogP contribution in [-0.4, -0.2) is 29.9 Å². The minimum absolute atomic E-state index is 0.0902. The zero-order valence-electron chi connectivity index (χ0n) is 11.3. The molecule has 0 bridgehead atoms. The SMILES string of the molecule is O=C1c2c(cccc2C(F)(F)F)C2C(C3CC3)NCCN12. The molecule has 2 atom stereocenters. The first-order valence-electron chi connectivity index (χ1n) is 7.23. The largest absolute Gasteiger partial charge is 0.417 e. The lowest BCUT2D eigenvalue weighted by Gasteiger charge is -2.38. The van der Waals surface area contributed by atoms with Crippen molar-refractivity contribution >= 4 is 5.91 Å². The quantitative estimate of drug-likeness (QED) is 0.864. The van der Waals surface area contributed by atoms with Gasteiger partial charge in [0, 0.05) is 19.1 Å². The van der Waals surface area contributed by atoms with Gasteiger partial charge in [0.15, 0.2) is 0 Å². The Morgan fingerprint density at radius 2 is 2.00 bits per heavy atom. The third-order valence-electron chi connectivity index (χ3n) is 4.73. The van der Waals surface area contributed by atoms with E-state index in [4.69, 9.17) is 0 Å². The minimum atomic E-state index is -4.49. The van der Waals surface area contributed by atoms with Crippen LogP contribution < -0.4 is 5.32 Å².